The van der Waals surface area contributed by atoms with Crippen LogP contribution in [-0.2, 0) is 6.42 Å². The van der Waals surface area contributed by atoms with Crippen molar-refractivity contribution in [3.8, 4) is 5.75 Å². The van der Waals surface area contributed by atoms with Crippen LogP contribution in [0.1, 0.15) is 18.2 Å². The van der Waals surface area contributed by atoms with E-state index in [9.17, 15) is 5.21 Å². The van der Waals surface area contributed by atoms with Crippen molar-refractivity contribution in [2.24, 2.45) is 4.99 Å². The lowest BCUT2D eigenvalue weighted by atomic mass is 10.1. The highest BCUT2D eigenvalue weighted by Gasteiger charge is 2.20. The number of furan rings is 1. The smallest absolute Gasteiger partial charge is 0.195 e. The van der Waals surface area contributed by atoms with Crippen molar-refractivity contribution in [2.45, 2.75) is 13.3 Å². The number of amidine groups is 1. The molecule has 1 aromatic heterocycles. The van der Waals surface area contributed by atoms with Crippen molar-refractivity contribution >= 4 is 34.1 Å². The van der Waals surface area contributed by atoms with E-state index in [2.05, 4.69) is 17.4 Å². The van der Waals surface area contributed by atoms with Gasteiger partial charge in [-0.3, -0.25) is 5.21 Å². The van der Waals surface area contributed by atoms with Crippen LogP contribution < -0.4 is 10.2 Å². The molecule has 24 heavy (non-hydrogen) atoms. The summed E-state index contributed by atoms with van der Waals surface area (Å²) in [5.74, 6) is 0.943. The molecule has 0 bridgehead atoms. The van der Waals surface area contributed by atoms with E-state index < -0.39 is 0 Å². The van der Waals surface area contributed by atoms with Crippen LogP contribution >= 0.6 is 11.6 Å². The molecule has 6 heteroatoms. The molecule has 0 atom stereocenters. The van der Waals surface area contributed by atoms with Gasteiger partial charge in [0.05, 0.1) is 17.8 Å². The average Bonchev–Trinajstić information content (AvgIpc) is 2.96. The number of nitrogens with one attached hydrogen (secondary N) is 1. The first-order valence-electron chi connectivity index (χ1n) is 7.51. The standard InChI is InChI=1S/C18H17ClN2O3/c1-3-11-6-4-7-12(10-11)20-18(21-22)17-15(19)13-8-5-9-14(23-2)16(13)24-17/h4-10,22H,3H2,1-2H3,(H,20,21). The van der Waals surface area contributed by atoms with Gasteiger partial charge in [0.1, 0.15) is 0 Å². The minimum atomic E-state index is 0.131. The summed E-state index contributed by atoms with van der Waals surface area (Å²) in [4.78, 5) is 4.40. The molecule has 2 aromatic carbocycles. The molecule has 3 aromatic rings. The zero-order valence-electron chi connectivity index (χ0n) is 13.3. The van der Waals surface area contributed by atoms with E-state index in [0.717, 1.165) is 12.0 Å². The van der Waals surface area contributed by atoms with E-state index in [1.165, 1.54) is 0 Å². The lowest BCUT2D eigenvalue weighted by Gasteiger charge is -2.04. The van der Waals surface area contributed by atoms with Crippen molar-refractivity contribution in [3.05, 3.63) is 58.8 Å². The number of aryl methyl sites for hydroxylation is 1. The molecular formula is C18H17ClN2O3. The van der Waals surface area contributed by atoms with Gasteiger partial charge in [-0.2, -0.15) is 0 Å². The third-order valence-corrected chi connectivity index (χ3v) is 4.09. The number of halogens is 1. The van der Waals surface area contributed by atoms with Crippen LogP contribution in [0.25, 0.3) is 11.0 Å². The van der Waals surface area contributed by atoms with Crippen LogP contribution in [0.5, 0.6) is 5.75 Å². The lowest BCUT2D eigenvalue weighted by molar-refractivity contribution is 0.233. The number of benzene rings is 2. The van der Waals surface area contributed by atoms with E-state index in [1.807, 2.05) is 36.4 Å². The first kappa shape index (κ1) is 16.4. The Labute approximate surface area is 144 Å². The van der Waals surface area contributed by atoms with Gasteiger partial charge in [-0.25, -0.2) is 10.5 Å². The Morgan fingerprint density at radius 3 is 2.79 bits per heavy atom. The second-order valence-electron chi connectivity index (χ2n) is 5.18. The highest BCUT2D eigenvalue weighted by molar-refractivity contribution is 6.38. The van der Waals surface area contributed by atoms with Crippen LogP contribution in [0, 0.1) is 0 Å². The number of para-hydroxylation sites is 1. The molecular weight excluding hydrogens is 328 g/mol. The van der Waals surface area contributed by atoms with Gasteiger partial charge in [0.15, 0.2) is 22.9 Å². The number of fused-ring (bicyclic) bond motifs is 1. The minimum absolute atomic E-state index is 0.131. The van der Waals surface area contributed by atoms with Crippen LogP contribution in [-0.4, -0.2) is 18.2 Å². The fourth-order valence-electron chi connectivity index (χ4n) is 2.48. The normalized spacial score (nSPS) is 11.8. The molecule has 0 unspecified atom stereocenters. The molecule has 0 saturated heterocycles. The van der Waals surface area contributed by atoms with Crippen LogP contribution in [0.4, 0.5) is 5.69 Å². The van der Waals surface area contributed by atoms with Gasteiger partial charge in [-0.1, -0.05) is 36.7 Å². The Bertz CT molecular complexity index is 902. The number of hydroxylamine groups is 1. The number of aliphatic imine (C=N–C) groups is 1. The maximum atomic E-state index is 9.51. The topological polar surface area (TPSA) is 67.0 Å². The largest absolute Gasteiger partial charge is 0.493 e. The molecule has 2 N–H and O–H groups in total. The van der Waals surface area contributed by atoms with E-state index in [0.29, 0.717) is 27.4 Å². The zero-order valence-corrected chi connectivity index (χ0v) is 14.1. The minimum Gasteiger partial charge on any atom is -0.493 e. The van der Waals surface area contributed by atoms with Crippen molar-refractivity contribution in [1.82, 2.24) is 5.48 Å². The molecule has 0 aliphatic carbocycles. The maximum Gasteiger partial charge on any atom is 0.195 e. The fraction of sp³-hybridized carbons (Fsp3) is 0.167. The van der Waals surface area contributed by atoms with Crippen molar-refractivity contribution in [1.29, 1.82) is 0 Å². The number of rotatable bonds is 4. The van der Waals surface area contributed by atoms with E-state index in [4.69, 9.17) is 20.8 Å². The van der Waals surface area contributed by atoms with Crippen molar-refractivity contribution in [2.75, 3.05) is 7.11 Å². The van der Waals surface area contributed by atoms with Gasteiger partial charge in [-0.05, 0) is 36.2 Å². The summed E-state index contributed by atoms with van der Waals surface area (Å²) in [5.41, 5.74) is 4.41. The van der Waals surface area contributed by atoms with E-state index >= 15 is 0 Å². The van der Waals surface area contributed by atoms with Crippen LogP contribution in [0.15, 0.2) is 51.9 Å². The second kappa shape index (κ2) is 6.95. The first-order valence-corrected chi connectivity index (χ1v) is 7.88. The number of nitrogens with zero attached hydrogens (tertiary/aromatic N) is 1. The van der Waals surface area contributed by atoms with Gasteiger partial charge in [0, 0.05) is 5.39 Å². The molecule has 124 valence electrons. The molecule has 0 saturated carbocycles. The molecule has 1 heterocycles. The Hall–Kier alpha value is -2.50. The number of hydrogen-bond acceptors (Lipinski definition) is 4. The fourth-order valence-corrected chi connectivity index (χ4v) is 2.75. The SMILES string of the molecule is CCc1cccc(N=C(NO)c2oc3c(OC)cccc3c2Cl)c1. The summed E-state index contributed by atoms with van der Waals surface area (Å²) in [6.07, 6.45) is 0.897. The number of methoxy groups -OCH3 is 1. The third kappa shape index (κ3) is 2.96. The molecule has 0 aliphatic heterocycles. The summed E-state index contributed by atoms with van der Waals surface area (Å²) >= 11 is 6.40. The molecule has 0 spiro atoms. The Kier molecular flexibility index (Phi) is 4.74. The second-order valence-corrected chi connectivity index (χ2v) is 5.56. The number of ether oxygens (including phenoxy) is 1. The number of hydrogen-bond donors (Lipinski definition) is 2. The zero-order chi connectivity index (χ0) is 17.1. The molecule has 3 rings (SSSR count). The van der Waals surface area contributed by atoms with Crippen molar-refractivity contribution in [3.63, 3.8) is 0 Å². The molecule has 0 amide bonds. The summed E-state index contributed by atoms with van der Waals surface area (Å²) in [7, 11) is 1.56. The van der Waals surface area contributed by atoms with Crippen LogP contribution in [0.2, 0.25) is 5.02 Å². The highest BCUT2D eigenvalue weighted by Crippen LogP contribution is 2.36. The molecule has 5 nitrogen and oxygen atoms in total. The lowest BCUT2D eigenvalue weighted by Crippen LogP contribution is -2.19. The molecule has 0 aliphatic rings. The summed E-state index contributed by atoms with van der Waals surface area (Å²) < 4.78 is 11.1. The average molecular weight is 345 g/mol. The Morgan fingerprint density at radius 2 is 2.08 bits per heavy atom. The first-order chi connectivity index (χ1) is 11.7. The van der Waals surface area contributed by atoms with Gasteiger partial charge < -0.3 is 9.15 Å². The summed E-state index contributed by atoms with van der Waals surface area (Å²) in [5, 5.41) is 10.6. The predicted molar refractivity (Wildman–Crippen MR) is 94.7 cm³/mol. The van der Waals surface area contributed by atoms with Crippen molar-refractivity contribution < 1.29 is 14.4 Å². The third-order valence-electron chi connectivity index (χ3n) is 3.72. The monoisotopic (exact) mass is 344 g/mol. The molecule has 0 fully saturated rings. The quantitative estimate of drug-likeness (QED) is 0.408. The Balaban J connectivity index is 2.12. The predicted octanol–water partition coefficient (Wildman–Crippen LogP) is 4.71. The van der Waals surface area contributed by atoms with Gasteiger partial charge in [0.2, 0.25) is 0 Å². The van der Waals surface area contributed by atoms with Gasteiger partial charge in [-0.15, -0.1) is 0 Å². The van der Waals surface area contributed by atoms with Gasteiger partial charge in [0.25, 0.3) is 0 Å². The highest BCUT2D eigenvalue weighted by atomic mass is 35.5. The van der Waals surface area contributed by atoms with E-state index in [1.54, 1.807) is 13.2 Å². The summed E-state index contributed by atoms with van der Waals surface area (Å²) in [6, 6.07) is 13.1. The molecule has 0 radical (unpaired) electrons. The Morgan fingerprint density at radius 1 is 1.29 bits per heavy atom. The van der Waals surface area contributed by atoms with E-state index in [-0.39, 0.29) is 11.6 Å². The maximum absolute atomic E-state index is 9.51. The van der Waals surface area contributed by atoms with Gasteiger partial charge >= 0.3 is 0 Å². The van der Waals surface area contributed by atoms with Crippen LogP contribution in [0.3, 0.4) is 0 Å². The summed E-state index contributed by atoms with van der Waals surface area (Å²) in [6.45, 7) is 2.07.